The standard InChI is InChI=1S/C19H19N5O3/c1-3-15-21-18(27-22-15)16-17-14-5-4-8-23(14)19(25)12-9-11(26-2)6-7-13(12)24(17)10-20-16/h6-7,9-10,14H,3-5,8H2,1-2H3/t14-/m0/s1. The van der Waals surface area contributed by atoms with Crippen molar-refractivity contribution < 1.29 is 14.1 Å². The summed E-state index contributed by atoms with van der Waals surface area (Å²) < 4.78 is 12.8. The molecule has 8 heteroatoms. The summed E-state index contributed by atoms with van der Waals surface area (Å²) in [7, 11) is 1.60. The molecule has 1 aromatic carbocycles. The number of methoxy groups -OCH3 is 1. The second kappa shape index (κ2) is 5.94. The molecule has 27 heavy (non-hydrogen) atoms. The minimum Gasteiger partial charge on any atom is -0.497 e. The third-order valence-corrected chi connectivity index (χ3v) is 5.31. The molecule has 0 bridgehead atoms. The number of fused-ring (bicyclic) bond motifs is 5. The lowest BCUT2D eigenvalue weighted by molar-refractivity contribution is 0.0738. The number of amides is 1. The number of carbonyl (C=O) groups is 1. The van der Waals surface area contributed by atoms with Crippen LogP contribution in [0.3, 0.4) is 0 Å². The van der Waals surface area contributed by atoms with E-state index >= 15 is 0 Å². The summed E-state index contributed by atoms with van der Waals surface area (Å²) >= 11 is 0. The summed E-state index contributed by atoms with van der Waals surface area (Å²) in [4.78, 5) is 24.2. The molecule has 3 aromatic rings. The van der Waals surface area contributed by atoms with Gasteiger partial charge in [-0.05, 0) is 31.0 Å². The van der Waals surface area contributed by atoms with Gasteiger partial charge in [0, 0.05) is 13.0 Å². The topological polar surface area (TPSA) is 86.3 Å². The van der Waals surface area contributed by atoms with Gasteiger partial charge in [0.2, 0.25) is 0 Å². The van der Waals surface area contributed by atoms with Crippen molar-refractivity contribution >= 4 is 5.91 Å². The smallest absolute Gasteiger partial charge is 0.278 e. The monoisotopic (exact) mass is 365 g/mol. The average molecular weight is 365 g/mol. The van der Waals surface area contributed by atoms with Gasteiger partial charge in [0.25, 0.3) is 11.8 Å². The first-order chi connectivity index (χ1) is 13.2. The summed E-state index contributed by atoms with van der Waals surface area (Å²) in [6.07, 6.45) is 4.26. The van der Waals surface area contributed by atoms with Gasteiger partial charge in [-0.15, -0.1) is 0 Å². The minimum absolute atomic E-state index is 0.0147. The number of ether oxygens (including phenoxy) is 1. The lowest BCUT2D eigenvalue weighted by atomic mass is 10.1. The van der Waals surface area contributed by atoms with Gasteiger partial charge in [0.1, 0.15) is 12.1 Å². The highest BCUT2D eigenvalue weighted by Gasteiger charge is 2.40. The first kappa shape index (κ1) is 16.0. The fraction of sp³-hybridized carbons (Fsp3) is 0.368. The quantitative estimate of drug-likeness (QED) is 0.709. The third kappa shape index (κ3) is 2.29. The number of carbonyl (C=O) groups excluding carboxylic acids is 1. The third-order valence-electron chi connectivity index (χ3n) is 5.31. The van der Waals surface area contributed by atoms with Crippen molar-refractivity contribution in [3.63, 3.8) is 0 Å². The summed E-state index contributed by atoms with van der Waals surface area (Å²) in [6, 6.07) is 5.48. The summed E-state index contributed by atoms with van der Waals surface area (Å²) in [5.41, 5.74) is 2.98. The van der Waals surface area contributed by atoms with E-state index in [1.54, 1.807) is 19.5 Å². The highest BCUT2D eigenvalue weighted by Crippen LogP contribution is 2.42. The van der Waals surface area contributed by atoms with Gasteiger partial charge < -0.3 is 14.2 Å². The zero-order valence-corrected chi connectivity index (χ0v) is 15.2. The Morgan fingerprint density at radius 2 is 2.26 bits per heavy atom. The average Bonchev–Trinajstić information content (AvgIpc) is 3.43. The molecule has 0 spiro atoms. The molecule has 4 heterocycles. The van der Waals surface area contributed by atoms with E-state index < -0.39 is 0 Å². The van der Waals surface area contributed by atoms with E-state index in [0.29, 0.717) is 35.1 Å². The summed E-state index contributed by atoms with van der Waals surface area (Å²) in [5.74, 6) is 1.72. The van der Waals surface area contributed by atoms with Crippen LogP contribution in [0.25, 0.3) is 17.3 Å². The van der Waals surface area contributed by atoms with E-state index in [0.717, 1.165) is 30.8 Å². The first-order valence-electron chi connectivity index (χ1n) is 9.10. The maximum atomic E-state index is 13.2. The molecular weight excluding hydrogens is 346 g/mol. The fourth-order valence-corrected chi connectivity index (χ4v) is 4.00. The van der Waals surface area contributed by atoms with Gasteiger partial charge in [-0.3, -0.25) is 9.36 Å². The number of nitrogens with zero attached hydrogens (tertiary/aromatic N) is 5. The Hall–Kier alpha value is -3.16. The van der Waals surface area contributed by atoms with E-state index in [1.807, 2.05) is 28.5 Å². The number of hydrogen-bond acceptors (Lipinski definition) is 6. The second-order valence-electron chi connectivity index (χ2n) is 6.76. The van der Waals surface area contributed by atoms with E-state index in [2.05, 4.69) is 15.1 Å². The van der Waals surface area contributed by atoms with Crippen molar-refractivity contribution in [2.75, 3.05) is 13.7 Å². The fourth-order valence-electron chi connectivity index (χ4n) is 4.00. The van der Waals surface area contributed by atoms with Crippen LogP contribution in [-0.2, 0) is 6.42 Å². The highest BCUT2D eigenvalue weighted by atomic mass is 16.5. The van der Waals surface area contributed by atoms with Gasteiger partial charge in [-0.1, -0.05) is 12.1 Å². The Labute approximate surface area is 155 Å². The Kier molecular flexibility index (Phi) is 3.53. The molecule has 8 nitrogen and oxygen atoms in total. The van der Waals surface area contributed by atoms with Crippen molar-refractivity contribution in [1.82, 2.24) is 24.6 Å². The molecule has 1 amide bonds. The summed E-state index contributed by atoms with van der Waals surface area (Å²) in [6.45, 7) is 2.69. The molecule has 138 valence electrons. The van der Waals surface area contributed by atoms with E-state index in [4.69, 9.17) is 9.26 Å². The van der Waals surface area contributed by atoms with Crippen molar-refractivity contribution in [1.29, 1.82) is 0 Å². The van der Waals surface area contributed by atoms with E-state index in [1.165, 1.54) is 0 Å². The molecule has 0 radical (unpaired) electrons. The van der Waals surface area contributed by atoms with Crippen LogP contribution in [-0.4, -0.2) is 44.2 Å². The molecule has 1 fully saturated rings. The Bertz CT molecular complexity index is 1040. The zero-order valence-electron chi connectivity index (χ0n) is 15.2. The van der Waals surface area contributed by atoms with Crippen molar-refractivity contribution in [2.24, 2.45) is 0 Å². The maximum Gasteiger partial charge on any atom is 0.278 e. The lowest BCUT2D eigenvalue weighted by Gasteiger charge is -2.22. The number of rotatable bonds is 3. The van der Waals surface area contributed by atoms with Crippen LogP contribution in [0.2, 0.25) is 0 Å². The van der Waals surface area contributed by atoms with Crippen LogP contribution in [0.5, 0.6) is 5.75 Å². The minimum atomic E-state index is -0.0645. The molecule has 2 aliphatic rings. The van der Waals surface area contributed by atoms with Gasteiger partial charge in [0.05, 0.1) is 30.1 Å². The van der Waals surface area contributed by atoms with Crippen LogP contribution in [0.1, 0.15) is 47.7 Å². The van der Waals surface area contributed by atoms with Gasteiger partial charge in [-0.25, -0.2) is 4.98 Å². The predicted molar refractivity (Wildman–Crippen MR) is 95.8 cm³/mol. The zero-order chi connectivity index (χ0) is 18.5. The molecule has 5 rings (SSSR count). The lowest BCUT2D eigenvalue weighted by Crippen LogP contribution is -2.29. The van der Waals surface area contributed by atoms with E-state index in [9.17, 15) is 4.79 Å². The van der Waals surface area contributed by atoms with Gasteiger partial charge in [0.15, 0.2) is 11.5 Å². The van der Waals surface area contributed by atoms with Gasteiger partial charge >= 0.3 is 0 Å². The Morgan fingerprint density at radius 3 is 3.04 bits per heavy atom. The van der Waals surface area contributed by atoms with Crippen molar-refractivity contribution in [3.05, 3.63) is 41.6 Å². The molecule has 0 saturated carbocycles. The Balaban J connectivity index is 1.75. The largest absolute Gasteiger partial charge is 0.497 e. The predicted octanol–water partition coefficient (Wildman–Crippen LogP) is 2.78. The van der Waals surface area contributed by atoms with E-state index in [-0.39, 0.29) is 11.9 Å². The van der Waals surface area contributed by atoms with Crippen molar-refractivity contribution in [3.8, 4) is 23.0 Å². The molecule has 2 aromatic heterocycles. The molecule has 1 saturated heterocycles. The molecular formula is C19H19N5O3. The van der Waals surface area contributed by atoms with Crippen LogP contribution < -0.4 is 4.74 Å². The number of aromatic nitrogens is 4. The number of benzene rings is 1. The van der Waals surface area contributed by atoms with Crippen LogP contribution in [0.15, 0.2) is 29.0 Å². The molecule has 0 aliphatic carbocycles. The highest BCUT2D eigenvalue weighted by molar-refractivity contribution is 5.99. The van der Waals surface area contributed by atoms with Crippen LogP contribution in [0.4, 0.5) is 0 Å². The van der Waals surface area contributed by atoms with Crippen LogP contribution in [0, 0.1) is 0 Å². The number of imidazole rings is 1. The molecule has 0 N–H and O–H groups in total. The van der Waals surface area contributed by atoms with Crippen LogP contribution >= 0.6 is 0 Å². The molecule has 0 unspecified atom stereocenters. The molecule has 1 atom stereocenters. The second-order valence-corrected chi connectivity index (χ2v) is 6.76. The maximum absolute atomic E-state index is 13.2. The normalized spacial score (nSPS) is 18.1. The first-order valence-corrected chi connectivity index (χ1v) is 9.10. The molecule has 2 aliphatic heterocycles. The number of aryl methyl sites for hydroxylation is 1. The Morgan fingerprint density at radius 1 is 1.37 bits per heavy atom. The van der Waals surface area contributed by atoms with Crippen molar-refractivity contribution in [2.45, 2.75) is 32.2 Å². The number of hydrogen-bond donors (Lipinski definition) is 0. The summed E-state index contributed by atoms with van der Waals surface area (Å²) in [5, 5.41) is 4.00. The van der Waals surface area contributed by atoms with Gasteiger partial charge in [-0.2, -0.15) is 4.98 Å². The SMILES string of the molecule is CCc1noc(-c2ncn3c2[C@@H]2CCCN2C(=O)c2cc(OC)ccc2-3)n1.